The monoisotopic (exact) mass is 818 g/mol. The van der Waals surface area contributed by atoms with Gasteiger partial charge >= 0.3 is 27.3 Å². The summed E-state index contributed by atoms with van der Waals surface area (Å²) in [5.41, 5.74) is 0. The summed E-state index contributed by atoms with van der Waals surface area (Å²) in [7, 11) is 0. The molecular formula is C32H58FeN8Pb. The zero-order valence-electron chi connectivity index (χ0n) is 25.6. The SMILES string of the molecule is C1CCC2C3NC(NC4NC(NC5NC(NC6NC(N3)C3CCCCC63)C3CCCCC53)C3CCCCC43)C2C1.[Fe].[PbH2]. The first-order valence-electron chi connectivity index (χ1n) is 17.9. The molecule has 9 aliphatic rings. The van der Waals surface area contributed by atoms with Gasteiger partial charge in [0.2, 0.25) is 0 Å². The number of hydrogen-bond acceptors (Lipinski definition) is 8. The molecular weight excluding hydrogens is 759 g/mol. The summed E-state index contributed by atoms with van der Waals surface area (Å²) in [5.74, 6) is 5.97. The normalized spacial score (nSPS) is 54.9. The van der Waals surface area contributed by atoms with Crippen molar-refractivity contribution in [2.75, 3.05) is 0 Å². The summed E-state index contributed by atoms with van der Waals surface area (Å²) in [6.07, 6.45) is 25.6. The summed E-state index contributed by atoms with van der Waals surface area (Å²) < 4.78 is 0. The average Bonchev–Trinajstić information content (AvgIpc) is 3.73. The van der Waals surface area contributed by atoms with E-state index < -0.39 is 0 Å². The maximum absolute atomic E-state index is 4.26. The average molecular weight is 818 g/mol. The van der Waals surface area contributed by atoms with Crippen LogP contribution in [0.5, 0.6) is 0 Å². The molecule has 5 heterocycles. The van der Waals surface area contributed by atoms with Gasteiger partial charge < -0.3 is 0 Å². The molecule has 10 heteroatoms. The summed E-state index contributed by atoms with van der Waals surface area (Å²) in [6, 6.07) is 0. The molecule has 9 rings (SSSR count). The molecule has 4 saturated carbocycles. The Bertz CT molecular complexity index is 723. The first-order chi connectivity index (χ1) is 19.8. The number of nitrogens with one attached hydrogen (secondary N) is 8. The van der Waals surface area contributed by atoms with Crippen molar-refractivity contribution in [1.82, 2.24) is 42.5 Å². The molecule has 238 valence electrons. The fourth-order valence-electron chi connectivity index (χ4n) is 12.0. The molecule has 0 amide bonds. The van der Waals surface area contributed by atoms with Crippen molar-refractivity contribution < 1.29 is 17.1 Å². The number of rotatable bonds is 0. The van der Waals surface area contributed by atoms with Crippen LogP contribution in [0.25, 0.3) is 0 Å². The number of hydrogen-bond donors (Lipinski definition) is 8. The molecule has 5 aliphatic heterocycles. The van der Waals surface area contributed by atoms with Gasteiger partial charge in [-0.1, -0.05) is 51.4 Å². The molecule has 9 fully saturated rings. The van der Waals surface area contributed by atoms with Crippen LogP contribution in [0.2, 0.25) is 0 Å². The van der Waals surface area contributed by atoms with Gasteiger partial charge in [0, 0.05) is 17.1 Å². The molecule has 8 N–H and O–H groups in total. The standard InChI is InChI=1S/C32H56N8.Fe.Pb.2H/c1-2-10-18-17(9-1)25-33-26(18)38-28-21-13-5-6-14-22(21)30(35-28)40-32-24-16-8-7-15-23(24)31(36-32)39-29-20-12-4-3-11-19(20)27(34-29)37-25;;;;/h17-40H,1-16H2;;;;. The molecule has 8 unspecified atom stereocenters. The quantitative estimate of drug-likeness (QED) is 0.176. The van der Waals surface area contributed by atoms with Crippen molar-refractivity contribution in [2.45, 2.75) is 152 Å². The summed E-state index contributed by atoms with van der Waals surface area (Å²) in [5, 5.41) is 33.8. The van der Waals surface area contributed by atoms with Crippen molar-refractivity contribution in [1.29, 1.82) is 0 Å². The van der Waals surface area contributed by atoms with Gasteiger partial charge in [0.15, 0.2) is 0 Å². The molecule has 4 aliphatic carbocycles. The van der Waals surface area contributed by atoms with Gasteiger partial charge in [0.25, 0.3) is 0 Å². The Morgan fingerprint density at radius 3 is 0.476 bits per heavy atom. The van der Waals surface area contributed by atoms with Crippen molar-refractivity contribution in [2.24, 2.45) is 47.3 Å². The van der Waals surface area contributed by atoms with Gasteiger partial charge in [-0.2, -0.15) is 0 Å². The first-order valence-corrected chi connectivity index (χ1v) is 17.9. The van der Waals surface area contributed by atoms with Gasteiger partial charge in [0.05, 0.1) is 49.3 Å². The number of fused-ring (bicyclic) bond motifs is 20. The van der Waals surface area contributed by atoms with Crippen LogP contribution >= 0.6 is 0 Å². The van der Waals surface area contributed by atoms with Gasteiger partial charge in [-0.15, -0.1) is 0 Å². The Kier molecular flexibility index (Phi) is 10.1. The van der Waals surface area contributed by atoms with Gasteiger partial charge in [-0.05, 0) is 98.7 Å². The van der Waals surface area contributed by atoms with Crippen LogP contribution in [0, 0.1) is 47.3 Å². The van der Waals surface area contributed by atoms with E-state index in [0.29, 0.717) is 49.3 Å². The first kappa shape index (κ1) is 31.7. The molecule has 0 aromatic carbocycles. The van der Waals surface area contributed by atoms with Crippen LogP contribution < -0.4 is 42.5 Å². The van der Waals surface area contributed by atoms with Crippen molar-refractivity contribution in [3.63, 3.8) is 0 Å². The van der Waals surface area contributed by atoms with Crippen LogP contribution in [0.1, 0.15) is 103 Å². The Balaban J connectivity index is 0.00000144. The predicted molar refractivity (Wildman–Crippen MR) is 166 cm³/mol. The zero-order chi connectivity index (χ0) is 26.2. The topological polar surface area (TPSA) is 96.2 Å². The third-order valence-corrected chi connectivity index (χ3v) is 13.8. The molecule has 8 bridgehead atoms. The molecule has 5 saturated heterocycles. The summed E-state index contributed by atoms with van der Waals surface area (Å²) in [4.78, 5) is 0. The minimum atomic E-state index is 0. The van der Waals surface area contributed by atoms with E-state index in [1.165, 1.54) is 103 Å². The predicted octanol–water partition coefficient (Wildman–Crippen LogP) is 1.69. The van der Waals surface area contributed by atoms with E-state index in [9.17, 15) is 0 Å². The van der Waals surface area contributed by atoms with Gasteiger partial charge in [-0.3, -0.25) is 42.5 Å². The van der Waals surface area contributed by atoms with Crippen LogP contribution in [-0.4, -0.2) is 76.6 Å². The van der Waals surface area contributed by atoms with E-state index >= 15 is 0 Å². The second-order valence-electron chi connectivity index (χ2n) is 15.6. The second-order valence-corrected chi connectivity index (χ2v) is 15.6. The van der Waals surface area contributed by atoms with E-state index in [0.717, 1.165) is 47.3 Å². The molecule has 0 aromatic heterocycles. The van der Waals surface area contributed by atoms with E-state index in [4.69, 9.17) is 0 Å². The van der Waals surface area contributed by atoms with Gasteiger partial charge in [-0.25, -0.2) is 0 Å². The minimum absolute atomic E-state index is 0. The van der Waals surface area contributed by atoms with Crippen LogP contribution in [0.15, 0.2) is 0 Å². The molecule has 8 nitrogen and oxygen atoms in total. The van der Waals surface area contributed by atoms with E-state index in [1.54, 1.807) is 0 Å². The molecule has 0 aromatic rings. The molecule has 8 atom stereocenters. The maximum atomic E-state index is 4.26. The summed E-state index contributed by atoms with van der Waals surface area (Å²) in [6.45, 7) is 0. The fraction of sp³-hybridized carbons (Fsp3) is 1.00. The fourth-order valence-corrected chi connectivity index (χ4v) is 12.0. The van der Waals surface area contributed by atoms with Crippen molar-refractivity contribution in [3.05, 3.63) is 0 Å². The van der Waals surface area contributed by atoms with Crippen molar-refractivity contribution >= 4 is 27.3 Å². The molecule has 42 heavy (non-hydrogen) atoms. The van der Waals surface area contributed by atoms with Gasteiger partial charge in [0.1, 0.15) is 0 Å². The summed E-state index contributed by atoms with van der Waals surface area (Å²) >= 11 is 0. The van der Waals surface area contributed by atoms with E-state index in [-0.39, 0.29) is 44.4 Å². The van der Waals surface area contributed by atoms with Crippen LogP contribution in [0.3, 0.4) is 0 Å². The second kappa shape index (κ2) is 13.3. The van der Waals surface area contributed by atoms with Crippen LogP contribution in [0.4, 0.5) is 0 Å². The third kappa shape index (κ3) is 5.56. The Morgan fingerprint density at radius 1 is 0.238 bits per heavy atom. The Labute approximate surface area is 284 Å². The van der Waals surface area contributed by atoms with Crippen LogP contribution in [-0.2, 0) is 17.1 Å². The zero-order valence-corrected chi connectivity index (χ0v) is 32.2. The third-order valence-electron chi connectivity index (χ3n) is 13.8. The Hall–Kier alpha value is 1.12. The molecule has 2 radical (unpaired) electrons. The van der Waals surface area contributed by atoms with E-state index in [2.05, 4.69) is 42.5 Å². The molecule has 0 spiro atoms. The van der Waals surface area contributed by atoms with Crippen molar-refractivity contribution in [3.8, 4) is 0 Å². The van der Waals surface area contributed by atoms with E-state index in [1.807, 2.05) is 0 Å². The Morgan fingerprint density at radius 2 is 0.357 bits per heavy atom.